The zero-order valence-electron chi connectivity index (χ0n) is 6.89. The highest BCUT2D eigenvalue weighted by Crippen LogP contribution is 2.36. The minimum atomic E-state index is 0.0116. The first-order chi connectivity index (χ1) is 4.66. The Bertz CT molecular complexity index is 131. The lowest BCUT2D eigenvalue weighted by Crippen LogP contribution is -2.25. The van der Waals surface area contributed by atoms with E-state index >= 15 is 0 Å². The fourth-order valence-electron chi connectivity index (χ4n) is 1.96. The fraction of sp³-hybridized carbons (Fsp3) is 0.889. The number of rotatable bonds is 1. The third-order valence-corrected chi connectivity index (χ3v) is 2.54. The molecule has 0 saturated heterocycles. The van der Waals surface area contributed by atoms with Gasteiger partial charge in [-0.3, -0.25) is 0 Å². The maximum Gasteiger partial charge on any atom is 0.125 e. The van der Waals surface area contributed by atoms with Gasteiger partial charge in [-0.2, -0.15) is 0 Å². The summed E-state index contributed by atoms with van der Waals surface area (Å²) in [7, 11) is 0. The molecule has 1 nitrogen and oxygen atoms in total. The first kappa shape index (κ1) is 7.77. The van der Waals surface area contributed by atoms with E-state index in [0.29, 0.717) is 0 Å². The number of hydrogen-bond donors (Lipinski definition) is 0. The van der Waals surface area contributed by atoms with Gasteiger partial charge in [-0.05, 0) is 18.8 Å². The van der Waals surface area contributed by atoms with Crippen LogP contribution in [0, 0.1) is 11.3 Å². The predicted octanol–water partition coefficient (Wildman–Crippen LogP) is 2.40. The molecule has 0 aromatic heterocycles. The maximum absolute atomic E-state index is 10.6. The van der Waals surface area contributed by atoms with Gasteiger partial charge in [0.05, 0.1) is 0 Å². The zero-order valence-corrected chi connectivity index (χ0v) is 6.89. The average Bonchev–Trinajstić information content (AvgIpc) is 1.88. The van der Waals surface area contributed by atoms with Crippen molar-refractivity contribution < 1.29 is 4.79 Å². The first-order valence-electron chi connectivity index (χ1n) is 4.13. The van der Waals surface area contributed by atoms with Crippen LogP contribution in [0.2, 0.25) is 0 Å². The smallest absolute Gasteiger partial charge is 0.125 e. The highest BCUT2D eigenvalue weighted by molar-refractivity contribution is 5.58. The highest BCUT2D eigenvalue weighted by Gasteiger charge is 2.29. The van der Waals surface area contributed by atoms with Crippen LogP contribution in [0.4, 0.5) is 0 Å². The molecule has 1 aliphatic rings. The van der Waals surface area contributed by atoms with E-state index in [9.17, 15) is 4.79 Å². The minimum absolute atomic E-state index is 0.0116. The summed E-state index contributed by atoms with van der Waals surface area (Å²) in [6.07, 6.45) is 5.87. The predicted molar refractivity (Wildman–Crippen MR) is 41.8 cm³/mol. The second-order valence-corrected chi connectivity index (χ2v) is 3.97. The third kappa shape index (κ3) is 1.59. The highest BCUT2D eigenvalue weighted by atomic mass is 16.1. The van der Waals surface area contributed by atoms with E-state index in [4.69, 9.17) is 0 Å². The van der Waals surface area contributed by atoms with Gasteiger partial charge in [0.2, 0.25) is 0 Å². The molecule has 1 heteroatoms. The van der Waals surface area contributed by atoms with Crippen molar-refractivity contribution in [3.8, 4) is 0 Å². The molecule has 0 aromatic carbocycles. The Morgan fingerprint density at radius 3 is 2.70 bits per heavy atom. The summed E-state index contributed by atoms with van der Waals surface area (Å²) in [6, 6.07) is 0. The van der Waals surface area contributed by atoms with Gasteiger partial charge >= 0.3 is 0 Å². The molecular weight excluding hydrogens is 124 g/mol. The lowest BCUT2D eigenvalue weighted by atomic mass is 9.72. The van der Waals surface area contributed by atoms with E-state index in [2.05, 4.69) is 13.8 Å². The monoisotopic (exact) mass is 140 g/mol. The van der Waals surface area contributed by atoms with E-state index < -0.39 is 0 Å². The van der Waals surface area contributed by atoms with Crippen molar-refractivity contribution in [3.05, 3.63) is 0 Å². The van der Waals surface area contributed by atoms with Gasteiger partial charge in [0.25, 0.3) is 0 Å². The van der Waals surface area contributed by atoms with E-state index in [0.717, 1.165) is 25.0 Å². The van der Waals surface area contributed by atoms with Crippen LogP contribution >= 0.6 is 0 Å². The Morgan fingerprint density at radius 1 is 1.60 bits per heavy atom. The van der Waals surface area contributed by atoms with Gasteiger partial charge in [-0.25, -0.2) is 0 Å². The number of aldehydes is 1. The molecule has 2 unspecified atom stereocenters. The SMILES string of the molecule is CC1CCCC(C)(C=O)C1. The van der Waals surface area contributed by atoms with Gasteiger partial charge in [-0.1, -0.05) is 26.7 Å². The van der Waals surface area contributed by atoms with Crippen LogP contribution in [0.1, 0.15) is 39.5 Å². The Kier molecular flexibility index (Phi) is 2.12. The third-order valence-electron chi connectivity index (χ3n) is 2.54. The van der Waals surface area contributed by atoms with Crippen LogP contribution in [0.5, 0.6) is 0 Å². The molecule has 0 bridgehead atoms. The Balaban J connectivity index is 2.53. The molecule has 1 rings (SSSR count). The second-order valence-electron chi connectivity index (χ2n) is 3.97. The van der Waals surface area contributed by atoms with Crippen molar-refractivity contribution in [2.75, 3.05) is 0 Å². The molecule has 1 saturated carbocycles. The van der Waals surface area contributed by atoms with Gasteiger partial charge in [0.15, 0.2) is 0 Å². The topological polar surface area (TPSA) is 17.1 Å². The van der Waals surface area contributed by atoms with E-state index in [1.807, 2.05) is 0 Å². The summed E-state index contributed by atoms with van der Waals surface area (Å²) in [5.74, 6) is 0.754. The van der Waals surface area contributed by atoms with Crippen LogP contribution < -0.4 is 0 Å². The van der Waals surface area contributed by atoms with Crippen LogP contribution in [0.15, 0.2) is 0 Å². The standard InChI is InChI=1S/C9H16O/c1-8-4-3-5-9(2,6-8)7-10/h7-8H,3-6H2,1-2H3. The van der Waals surface area contributed by atoms with Crippen molar-refractivity contribution >= 4 is 6.29 Å². The molecule has 0 amide bonds. The lowest BCUT2D eigenvalue weighted by Gasteiger charge is -2.31. The van der Waals surface area contributed by atoms with Gasteiger partial charge in [-0.15, -0.1) is 0 Å². The molecule has 0 aliphatic heterocycles. The molecule has 0 aromatic rings. The summed E-state index contributed by atoms with van der Waals surface area (Å²) in [5, 5.41) is 0. The Morgan fingerprint density at radius 2 is 2.30 bits per heavy atom. The molecule has 1 aliphatic carbocycles. The molecule has 10 heavy (non-hydrogen) atoms. The number of carbonyl (C=O) groups excluding carboxylic acids is 1. The van der Waals surface area contributed by atoms with Crippen molar-refractivity contribution in [3.63, 3.8) is 0 Å². The van der Waals surface area contributed by atoms with Crippen molar-refractivity contribution in [1.82, 2.24) is 0 Å². The molecule has 0 radical (unpaired) electrons. The molecule has 0 heterocycles. The summed E-state index contributed by atoms with van der Waals surface area (Å²) >= 11 is 0. The van der Waals surface area contributed by atoms with Gasteiger partial charge < -0.3 is 4.79 Å². The number of carbonyl (C=O) groups is 1. The molecule has 0 N–H and O–H groups in total. The summed E-state index contributed by atoms with van der Waals surface area (Å²) in [4.78, 5) is 10.6. The number of hydrogen-bond acceptors (Lipinski definition) is 1. The largest absolute Gasteiger partial charge is 0.303 e. The average molecular weight is 140 g/mol. The minimum Gasteiger partial charge on any atom is -0.303 e. The summed E-state index contributed by atoms with van der Waals surface area (Å²) in [6.45, 7) is 4.32. The van der Waals surface area contributed by atoms with Crippen LogP contribution in [0.25, 0.3) is 0 Å². The Hall–Kier alpha value is -0.330. The van der Waals surface area contributed by atoms with Crippen LogP contribution in [-0.2, 0) is 4.79 Å². The van der Waals surface area contributed by atoms with Crippen LogP contribution in [-0.4, -0.2) is 6.29 Å². The molecule has 2 atom stereocenters. The van der Waals surface area contributed by atoms with Crippen LogP contribution in [0.3, 0.4) is 0 Å². The fourth-order valence-corrected chi connectivity index (χ4v) is 1.96. The van der Waals surface area contributed by atoms with Gasteiger partial charge in [0, 0.05) is 5.41 Å². The van der Waals surface area contributed by atoms with Gasteiger partial charge in [0.1, 0.15) is 6.29 Å². The molecule has 58 valence electrons. The van der Waals surface area contributed by atoms with E-state index in [1.165, 1.54) is 12.8 Å². The molecule has 0 spiro atoms. The van der Waals surface area contributed by atoms with E-state index in [1.54, 1.807) is 0 Å². The Labute approximate surface area is 62.8 Å². The zero-order chi connectivity index (χ0) is 7.61. The molecular formula is C9H16O. The second kappa shape index (κ2) is 2.73. The van der Waals surface area contributed by atoms with Crippen molar-refractivity contribution in [2.45, 2.75) is 39.5 Å². The lowest BCUT2D eigenvalue weighted by molar-refractivity contribution is -0.117. The van der Waals surface area contributed by atoms with E-state index in [-0.39, 0.29) is 5.41 Å². The molecule has 1 fully saturated rings. The summed E-state index contributed by atoms with van der Waals surface area (Å²) < 4.78 is 0. The summed E-state index contributed by atoms with van der Waals surface area (Å²) in [5.41, 5.74) is 0.0116. The van der Waals surface area contributed by atoms with Crippen molar-refractivity contribution in [2.24, 2.45) is 11.3 Å². The van der Waals surface area contributed by atoms with Crippen molar-refractivity contribution in [1.29, 1.82) is 0 Å². The maximum atomic E-state index is 10.6. The quantitative estimate of drug-likeness (QED) is 0.511. The normalized spacial score (nSPS) is 41.2. The first-order valence-corrected chi connectivity index (χ1v) is 4.13.